The van der Waals surface area contributed by atoms with E-state index in [1.165, 1.54) is 27.7 Å². The number of halogens is 3. The van der Waals surface area contributed by atoms with Gasteiger partial charge in [-0.1, -0.05) is 24.3 Å². The average Bonchev–Trinajstić information content (AvgIpc) is 3.38. The zero-order valence-electron chi connectivity index (χ0n) is 17.7. The lowest BCUT2D eigenvalue weighted by molar-refractivity contribution is -0.274. The number of carbonyl (C=O) groups excluding carboxylic acids is 2. The Labute approximate surface area is 191 Å². The Morgan fingerprint density at radius 3 is 2.59 bits per heavy atom. The van der Waals surface area contributed by atoms with Gasteiger partial charge in [-0.05, 0) is 37.1 Å². The van der Waals surface area contributed by atoms with Crippen molar-refractivity contribution >= 4 is 34.4 Å². The smallest absolute Gasteiger partial charge is 0.477 e. The molecule has 0 radical (unpaired) electrons. The summed E-state index contributed by atoms with van der Waals surface area (Å²) in [5, 5.41) is 12.8. The SMILES string of the molecule is O=C(O)c1cc2ccccc2n1CC(=O)N1CCC[C@H]1C(=O)Nc1cccc(OC(F)(F)F)c1. The first kappa shape index (κ1) is 23.1. The van der Waals surface area contributed by atoms with Crippen LogP contribution in [0.2, 0.25) is 0 Å². The second kappa shape index (κ2) is 9.08. The topological polar surface area (TPSA) is 101 Å². The second-order valence-electron chi connectivity index (χ2n) is 7.79. The molecule has 178 valence electrons. The predicted octanol–water partition coefficient (Wildman–Crippen LogP) is 3.87. The highest BCUT2D eigenvalue weighted by Crippen LogP contribution is 2.27. The summed E-state index contributed by atoms with van der Waals surface area (Å²) in [5.74, 6) is -2.65. The molecule has 8 nitrogen and oxygen atoms in total. The number of hydrogen-bond donors (Lipinski definition) is 2. The standard InChI is InChI=1S/C23H20F3N3O5/c24-23(25,26)34-16-7-3-6-15(12-16)27-21(31)18-9-4-10-28(18)20(30)13-29-17-8-2-1-5-14(17)11-19(29)22(32)33/h1-3,5-8,11-12,18H,4,9-10,13H2,(H,27,31)(H,32,33)/t18-/m0/s1. The van der Waals surface area contributed by atoms with Gasteiger partial charge in [0.2, 0.25) is 11.8 Å². The third-order valence-corrected chi connectivity index (χ3v) is 5.53. The van der Waals surface area contributed by atoms with E-state index < -0.39 is 35.9 Å². The third-order valence-electron chi connectivity index (χ3n) is 5.53. The van der Waals surface area contributed by atoms with E-state index >= 15 is 0 Å². The van der Waals surface area contributed by atoms with Crippen LogP contribution in [0.15, 0.2) is 54.6 Å². The summed E-state index contributed by atoms with van der Waals surface area (Å²) in [4.78, 5) is 39.0. The maximum atomic E-state index is 13.1. The molecule has 1 fully saturated rings. The zero-order valence-corrected chi connectivity index (χ0v) is 17.7. The van der Waals surface area contributed by atoms with Gasteiger partial charge >= 0.3 is 12.3 Å². The molecule has 3 aromatic rings. The van der Waals surface area contributed by atoms with Gasteiger partial charge in [-0.25, -0.2) is 4.79 Å². The molecule has 0 spiro atoms. The molecule has 2 N–H and O–H groups in total. The van der Waals surface area contributed by atoms with Crippen LogP contribution in [0.25, 0.3) is 10.9 Å². The predicted molar refractivity (Wildman–Crippen MR) is 115 cm³/mol. The van der Waals surface area contributed by atoms with E-state index in [2.05, 4.69) is 10.1 Å². The quantitative estimate of drug-likeness (QED) is 0.564. The van der Waals surface area contributed by atoms with Crippen LogP contribution in [0.5, 0.6) is 5.75 Å². The molecule has 11 heteroatoms. The molecule has 1 atom stereocenters. The molecule has 1 aromatic heterocycles. The van der Waals surface area contributed by atoms with Crippen LogP contribution in [0.1, 0.15) is 23.3 Å². The van der Waals surface area contributed by atoms with Gasteiger partial charge in [0, 0.05) is 29.2 Å². The van der Waals surface area contributed by atoms with E-state index in [1.807, 2.05) is 0 Å². The number of amides is 2. The number of nitrogens with zero attached hydrogens (tertiary/aromatic N) is 2. The van der Waals surface area contributed by atoms with E-state index in [-0.39, 0.29) is 17.9 Å². The van der Waals surface area contributed by atoms with Crippen molar-refractivity contribution in [2.45, 2.75) is 31.8 Å². The van der Waals surface area contributed by atoms with Crippen LogP contribution in [0.4, 0.5) is 18.9 Å². The highest BCUT2D eigenvalue weighted by Gasteiger charge is 2.35. The highest BCUT2D eigenvalue weighted by molar-refractivity contribution is 5.99. The van der Waals surface area contributed by atoms with Gasteiger partial charge in [-0.3, -0.25) is 9.59 Å². The largest absolute Gasteiger partial charge is 0.573 e. The Morgan fingerprint density at radius 2 is 1.85 bits per heavy atom. The van der Waals surface area contributed by atoms with Gasteiger partial charge in [-0.2, -0.15) is 0 Å². The number of hydrogen-bond acceptors (Lipinski definition) is 4. The molecule has 2 heterocycles. The molecule has 1 aliphatic heterocycles. The maximum absolute atomic E-state index is 13.1. The van der Waals surface area contributed by atoms with E-state index in [4.69, 9.17) is 0 Å². The summed E-state index contributed by atoms with van der Waals surface area (Å²) in [6.07, 6.45) is -3.94. The first-order valence-corrected chi connectivity index (χ1v) is 10.4. The summed E-state index contributed by atoms with van der Waals surface area (Å²) in [7, 11) is 0. The summed E-state index contributed by atoms with van der Waals surface area (Å²) < 4.78 is 42.6. The summed E-state index contributed by atoms with van der Waals surface area (Å²) in [5.41, 5.74) is 0.627. The Bertz CT molecular complexity index is 1250. The fourth-order valence-corrected chi connectivity index (χ4v) is 4.12. The van der Waals surface area contributed by atoms with Crippen molar-refractivity contribution in [1.82, 2.24) is 9.47 Å². The van der Waals surface area contributed by atoms with E-state index in [0.29, 0.717) is 30.3 Å². The molecule has 0 aliphatic carbocycles. The van der Waals surface area contributed by atoms with Crippen molar-refractivity contribution in [3.8, 4) is 5.75 Å². The van der Waals surface area contributed by atoms with Crippen molar-refractivity contribution in [3.63, 3.8) is 0 Å². The fourth-order valence-electron chi connectivity index (χ4n) is 4.12. The molecule has 1 aliphatic rings. The molecule has 0 bridgehead atoms. The number of likely N-dealkylation sites (tertiary alicyclic amines) is 1. The second-order valence-corrected chi connectivity index (χ2v) is 7.79. The van der Waals surface area contributed by atoms with Crippen LogP contribution in [-0.4, -0.2) is 51.3 Å². The van der Waals surface area contributed by atoms with Gasteiger partial charge in [0.1, 0.15) is 24.0 Å². The number of alkyl halides is 3. The van der Waals surface area contributed by atoms with E-state index in [1.54, 1.807) is 24.3 Å². The van der Waals surface area contributed by atoms with E-state index in [9.17, 15) is 32.7 Å². The number of aromatic carboxylic acids is 1. The average molecular weight is 475 g/mol. The van der Waals surface area contributed by atoms with Crippen molar-refractivity contribution in [2.75, 3.05) is 11.9 Å². The molecule has 0 unspecified atom stereocenters. The fraction of sp³-hybridized carbons (Fsp3) is 0.261. The van der Waals surface area contributed by atoms with Crippen LogP contribution in [0, 0.1) is 0 Å². The van der Waals surface area contributed by atoms with Crippen molar-refractivity contribution in [2.24, 2.45) is 0 Å². The first-order chi connectivity index (χ1) is 16.1. The Kier molecular flexibility index (Phi) is 6.18. The molecule has 1 saturated heterocycles. The lowest BCUT2D eigenvalue weighted by Gasteiger charge is -2.25. The van der Waals surface area contributed by atoms with Gasteiger partial charge in [0.05, 0.1) is 0 Å². The number of aromatic nitrogens is 1. The zero-order chi connectivity index (χ0) is 24.5. The number of carbonyl (C=O) groups is 3. The number of ether oxygens (including phenoxy) is 1. The Balaban J connectivity index is 1.50. The number of rotatable bonds is 6. The van der Waals surface area contributed by atoms with Crippen molar-refractivity contribution < 1.29 is 37.4 Å². The number of carboxylic acids is 1. The molecule has 2 amide bonds. The minimum absolute atomic E-state index is 0.0452. The molecule has 2 aromatic carbocycles. The van der Waals surface area contributed by atoms with Crippen LogP contribution >= 0.6 is 0 Å². The Hall–Kier alpha value is -4.02. The third kappa shape index (κ3) is 4.98. The molecular weight excluding hydrogens is 455 g/mol. The summed E-state index contributed by atoms with van der Waals surface area (Å²) >= 11 is 0. The van der Waals surface area contributed by atoms with Gasteiger partial charge in [0.15, 0.2) is 0 Å². The number of anilines is 1. The number of nitrogens with one attached hydrogen (secondary N) is 1. The molecule has 0 saturated carbocycles. The monoisotopic (exact) mass is 475 g/mol. The van der Waals surface area contributed by atoms with Crippen molar-refractivity contribution in [1.29, 1.82) is 0 Å². The summed E-state index contributed by atoms with van der Waals surface area (Å²) in [6, 6.07) is 12.4. The lowest BCUT2D eigenvalue weighted by Crippen LogP contribution is -2.44. The van der Waals surface area contributed by atoms with Gasteiger partial charge in [-0.15, -0.1) is 13.2 Å². The first-order valence-electron chi connectivity index (χ1n) is 10.4. The maximum Gasteiger partial charge on any atom is 0.573 e. The van der Waals surface area contributed by atoms with Gasteiger partial charge < -0.3 is 24.6 Å². The molecular formula is C23H20F3N3O5. The van der Waals surface area contributed by atoms with E-state index in [0.717, 1.165) is 12.1 Å². The van der Waals surface area contributed by atoms with Crippen LogP contribution in [0.3, 0.4) is 0 Å². The highest BCUT2D eigenvalue weighted by atomic mass is 19.4. The van der Waals surface area contributed by atoms with Crippen LogP contribution in [-0.2, 0) is 16.1 Å². The Morgan fingerprint density at radius 1 is 1.09 bits per heavy atom. The molecule has 34 heavy (non-hydrogen) atoms. The van der Waals surface area contributed by atoms with Gasteiger partial charge in [0.25, 0.3) is 0 Å². The molecule has 4 rings (SSSR count). The minimum atomic E-state index is -4.87. The normalized spacial score (nSPS) is 16.0. The number of benzene rings is 2. The number of para-hydroxylation sites is 1. The minimum Gasteiger partial charge on any atom is -0.477 e. The van der Waals surface area contributed by atoms with Crippen LogP contribution < -0.4 is 10.1 Å². The summed E-state index contributed by atoms with van der Waals surface area (Å²) in [6.45, 7) is 0.0313. The number of fused-ring (bicyclic) bond motifs is 1. The lowest BCUT2D eigenvalue weighted by atomic mass is 10.2. The van der Waals surface area contributed by atoms with Crippen molar-refractivity contribution in [3.05, 3.63) is 60.3 Å². The number of carboxylic acid groups (broad SMARTS) is 1.